The predicted octanol–water partition coefficient (Wildman–Crippen LogP) is 2.41. The highest BCUT2D eigenvalue weighted by Crippen LogP contribution is 2.29. The number of carbonyl (C=O) groups is 2. The summed E-state index contributed by atoms with van der Waals surface area (Å²) in [7, 11) is 0. The molecule has 1 fully saturated rings. The van der Waals surface area contributed by atoms with Crippen molar-refractivity contribution in [2.45, 2.75) is 59.2 Å². The number of carbonyl (C=O) groups excluding carboxylic acids is 2. The molecule has 1 saturated heterocycles. The van der Waals surface area contributed by atoms with Gasteiger partial charge in [0.2, 0.25) is 11.8 Å². The Morgan fingerprint density at radius 1 is 1.29 bits per heavy atom. The van der Waals surface area contributed by atoms with E-state index in [1.807, 2.05) is 46.8 Å². The Morgan fingerprint density at radius 2 is 1.95 bits per heavy atom. The molecule has 0 bridgehead atoms. The molecule has 3 unspecified atom stereocenters. The Kier molecular flexibility index (Phi) is 4.40. The molecule has 0 radical (unpaired) electrons. The van der Waals surface area contributed by atoms with Gasteiger partial charge in [-0.1, -0.05) is 20.8 Å². The molecule has 5 nitrogen and oxygen atoms in total. The highest BCUT2D eigenvalue weighted by Gasteiger charge is 2.43. The number of hydrogen-bond acceptors (Lipinski definition) is 3. The molecule has 116 valence electrons. The van der Waals surface area contributed by atoms with Crippen molar-refractivity contribution in [1.82, 2.24) is 10.2 Å². The fraction of sp³-hybridized carbons (Fsp3) is 0.625. The minimum absolute atomic E-state index is 0.0296. The molecule has 2 amide bonds. The zero-order chi connectivity index (χ0) is 15.7. The van der Waals surface area contributed by atoms with Gasteiger partial charge in [0.1, 0.15) is 23.6 Å². The summed E-state index contributed by atoms with van der Waals surface area (Å²) in [5.41, 5.74) is 0. The van der Waals surface area contributed by atoms with Crippen LogP contribution >= 0.6 is 0 Å². The van der Waals surface area contributed by atoms with Crippen molar-refractivity contribution in [2.24, 2.45) is 5.92 Å². The first kappa shape index (κ1) is 15.6. The van der Waals surface area contributed by atoms with Gasteiger partial charge < -0.3 is 14.6 Å². The molecule has 1 aromatic rings. The molecular weight excluding hydrogens is 268 g/mol. The summed E-state index contributed by atoms with van der Waals surface area (Å²) in [6.45, 7) is 9.58. The van der Waals surface area contributed by atoms with Crippen LogP contribution in [0.1, 0.15) is 51.7 Å². The second-order valence-corrected chi connectivity index (χ2v) is 6.02. The third-order valence-corrected chi connectivity index (χ3v) is 4.10. The number of piperazine rings is 1. The molecule has 0 spiro atoms. The Labute approximate surface area is 125 Å². The SMILES string of the molecule is CCC1C(=O)NC(C(C)C)C(=O)N1C(C)c1ccc(C)o1. The van der Waals surface area contributed by atoms with Crippen LogP contribution < -0.4 is 5.32 Å². The van der Waals surface area contributed by atoms with Crippen LogP contribution in [0.4, 0.5) is 0 Å². The van der Waals surface area contributed by atoms with Crippen molar-refractivity contribution in [3.8, 4) is 0 Å². The lowest BCUT2D eigenvalue weighted by atomic mass is 9.95. The fourth-order valence-corrected chi connectivity index (χ4v) is 2.86. The van der Waals surface area contributed by atoms with Gasteiger partial charge in [-0.2, -0.15) is 0 Å². The molecule has 1 N–H and O–H groups in total. The summed E-state index contributed by atoms with van der Waals surface area (Å²) in [5, 5.41) is 2.85. The number of nitrogens with one attached hydrogen (secondary N) is 1. The summed E-state index contributed by atoms with van der Waals surface area (Å²) in [5.74, 6) is 1.48. The lowest BCUT2D eigenvalue weighted by Gasteiger charge is -2.42. The maximum Gasteiger partial charge on any atom is 0.246 e. The number of hydrogen-bond donors (Lipinski definition) is 1. The van der Waals surface area contributed by atoms with E-state index in [4.69, 9.17) is 4.42 Å². The van der Waals surface area contributed by atoms with E-state index in [1.54, 1.807) is 4.90 Å². The molecule has 1 aliphatic heterocycles. The molecule has 1 aromatic heterocycles. The minimum atomic E-state index is -0.459. The van der Waals surface area contributed by atoms with Crippen molar-refractivity contribution in [3.63, 3.8) is 0 Å². The lowest BCUT2D eigenvalue weighted by molar-refractivity contribution is -0.153. The van der Waals surface area contributed by atoms with Gasteiger partial charge in [-0.25, -0.2) is 0 Å². The van der Waals surface area contributed by atoms with Crippen LogP contribution in [-0.4, -0.2) is 28.8 Å². The van der Waals surface area contributed by atoms with Crippen LogP contribution in [0.3, 0.4) is 0 Å². The maximum absolute atomic E-state index is 12.8. The van der Waals surface area contributed by atoms with Crippen molar-refractivity contribution in [2.75, 3.05) is 0 Å². The highest BCUT2D eigenvalue weighted by atomic mass is 16.3. The fourth-order valence-electron chi connectivity index (χ4n) is 2.86. The van der Waals surface area contributed by atoms with E-state index in [0.29, 0.717) is 6.42 Å². The second kappa shape index (κ2) is 5.92. The summed E-state index contributed by atoms with van der Waals surface area (Å²) in [4.78, 5) is 26.8. The molecule has 0 saturated carbocycles. The van der Waals surface area contributed by atoms with Crippen LogP contribution in [-0.2, 0) is 9.59 Å². The number of rotatable bonds is 4. The smallest absolute Gasteiger partial charge is 0.246 e. The van der Waals surface area contributed by atoms with E-state index in [9.17, 15) is 9.59 Å². The van der Waals surface area contributed by atoms with Gasteiger partial charge in [0.15, 0.2) is 0 Å². The molecule has 1 aliphatic rings. The molecular formula is C16H24N2O3. The van der Waals surface area contributed by atoms with E-state index >= 15 is 0 Å². The third kappa shape index (κ3) is 2.82. The summed E-state index contributed by atoms with van der Waals surface area (Å²) >= 11 is 0. The largest absolute Gasteiger partial charge is 0.464 e. The van der Waals surface area contributed by atoms with Crippen molar-refractivity contribution < 1.29 is 14.0 Å². The van der Waals surface area contributed by atoms with Gasteiger partial charge in [0.25, 0.3) is 0 Å². The van der Waals surface area contributed by atoms with Crippen LogP contribution in [0.5, 0.6) is 0 Å². The van der Waals surface area contributed by atoms with Crippen LogP contribution in [0.2, 0.25) is 0 Å². The lowest BCUT2D eigenvalue weighted by Crippen LogP contribution is -2.64. The standard InChI is InChI=1S/C16H24N2O3/c1-6-12-15(19)17-14(9(2)3)16(20)18(12)11(5)13-8-7-10(4)21-13/h7-9,11-12,14H,6H2,1-5H3,(H,17,19). The first-order valence-corrected chi connectivity index (χ1v) is 7.55. The van der Waals surface area contributed by atoms with E-state index in [2.05, 4.69) is 5.32 Å². The summed E-state index contributed by atoms with van der Waals surface area (Å²) in [6.07, 6.45) is 0.590. The number of furan rings is 1. The van der Waals surface area contributed by atoms with E-state index < -0.39 is 12.1 Å². The quantitative estimate of drug-likeness (QED) is 0.927. The Morgan fingerprint density at radius 3 is 2.43 bits per heavy atom. The molecule has 2 heterocycles. The van der Waals surface area contributed by atoms with Crippen molar-refractivity contribution in [3.05, 3.63) is 23.7 Å². The average molecular weight is 292 g/mol. The minimum Gasteiger partial charge on any atom is -0.464 e. The van der Waals surface area contributed by atoms with Crippen LogP contribution in [0, 0.1) is 12.8 Å². The van der Waals surface area contributed by atoms with E-state index in [1.165, 1.54) is 0 Å². The molecule has 0 aliphatic carbocycles. The third-order valence-electron chi connectivity index (χ3n) is 4.10. The molecule has 2 rings (SSSR count). The van der Waals surface area contributed by atoms with E-state index in [0.717, 1.165) is 11.5 Å². The van der Waals surface area contributed by atoms with Gasteiger partial charge >= 0.3 is 0 Å². The molecule has 0 aromatic carbocycles. The van der Waals surface area contributed by atoms with Crippen LogP contribution in [0.25, 0.3) is 0 Å². The molecule has 3 atom stereocenters. The normalized spacial score (nSPS) is 24.4. The van der Waals surface area contributed by atoms with Crippen molar-refractivity contribution in [1.29, 1.82) is 0 Å². The molecule has 5 heteroatoms. The maximum atomic E-state index is 12.8. The van der Waals surface area contributed by atoms with Gasteiger partial charge in [-0.15, -0.1) is 0 Å². The highest BCUT2D eigenvalue weighted by molar-refractivity contribution is 5.97. The van der Waals surface area contributed by atoms with Crippen molar-refractivity contribution >= 4 is 11.8 Å². The first-order valence-electron chi connectivity index (χ1n) is 7.55. The zero-order valence-electron chi connectivity index (χ0n) is 13.3. The summed E-state index contributed by atoms with van der Waals surface area (Å²) < 4.78 is 5.65. The Bertz CT molecular complexity index is 535. The second-order valence-electron chi connectivity index (χ2n) is 6.02. The van der Waals surface area contributed by atoms with Gasteiger partial charge in [-0.3, -0.25) is 9.59 Å². The number of amides is 2. The monoisotopic (exact) mass is 292 g/mol. The number of aryl methyl sites for hydroxylation is 1. The van der Waals surface area contributed by atoms with Gasteiger partial charge in [0, 0.05) is 0 Å². The Balaban J connectivity index is 2.35. The zero-order valence-corrected chi connectivity index (χ0v) is 13.3. The number of nitrogens with zero attached hydrogens (tertiary/aromatic N) is 1. The predicted molar refractivity (Wildman–Crippen MR) is 79.6 cm³/mol. The average Bonchev–Trinajstić information content (AvgIpc) is 2.86. The van der Waals surface area contributed by atoms with Gasteiger partial charge in [-0.05, 0) is 38.3 Å². The van der Waals surface area contributed by atoms with Gasteiger partial charge in [0.05, 0.1) is 6.04 Å². The Hall–Kier alpha value is -1.78. The summed E-state index contributed by atoms with van der Waals surface area (Å²) in [6, 6.07) is 2.60. The van der Waals surface area contributed by atoms with Crippen LogP contribution in [0.15, 0.2) is 16.5 Å². The first-order chi connectivity index (χ1) is 9.86. The van der Waals surface area contributed by atoms with E-state index in [-0.39, 0.29) is 23.8 Å². The molecule has 21 heavy (non-hydrogen) atoms. The topological polar surface area (TPSA) is 62.6 Å².